The average molecular weight is 348 g/mol. The molecule has 0 fully saturated rings. The van der Waals surface area contributed by atoms with Gasteiger partial charge in [0.05, 0.1) is 11.5 Å². The zero-order valence-electron chi connectivity index (χ0n) is 14.3. The van der Waals surface area contributed by atoms with E-state index in [1.165, 1.54) is 6.07 Å². The highest BCUT2D eigenvalue weighted by Crippen LogP contribution is 2.19. The van der Waals surface area contributed by atoms with E-state index < -0.39 is 0 Å². The van der Waals surface area contributed by atoms with Crippen molar-refractivity contribution >= 4 is 22.6 Å². The molecule has 1 amide bonds. The van der Waals surface area contributed by atoms with Gasteiger partial charge in [-0.3, -0.25) is 9.59 Å². The van der Waals surface area contributed by atoms with Crippen LogP contribution in [0.15, 0.2) is 57.7 Å². The smallest absolute Gasteiger partial charge is 0.255 e. The van der Waals surface area contributed by atoms with Crippen molar-refractivity contribution in [1.82, 2.24) is 0 Å². The predicted octanol–water partition coefficient (Wildman–Crippen LogP) is 3.70. The Bertz CT molecular complexity index is 1060. The molecule has 0 radical (unpaired) electrons. The van der Waals surface area contributed by atoms with Gasteiger partial charge < -0.3 is 14.5 Å². The largest absolute Gasteiger partial charge is 0.491 e. The van der Waals surface area contributed by atoms with E-state index >= 15 is 0 Å². The average Bonchev–Trinajstić information content (AvgIpc) is 2.62. The van der Waals surface area contributed by atoms with E-state index in [2.05, 4.69) is 5.32 Å². The molecule has 0 atom stereocenters. The van der Waals surface area contributed by atoms with Crippen molar-refractivity contribution in [3.8, 4) is 11.8 Å². The first kappa shape index (κ1) is 17.2. The third kappa shape index (κ3) is 3.73. The number of hydrogen-bond acceptors (Lipinski definition) is 5. The molecule has 3 aromatic rings. The van der Waals surface area contributed by atoms with Crippen molar-refractivity contribution in [3.63, 3.8) is 0 Å². The van der Waals surface area contributed by atoms with Crippen LogP contribution in [0.2, 0.25) is 0 Å². The van der Waals surface area contributed by atoms with Gasteiger partial charge in [-0.2, -0.15) is 5.26 Å². The number of rotatable bonds is 4. The minimum absolute atomic E-state index is 0.0528. The summed E-state index contributed by atoms with van der Waals surface area (Å²) in [5.74, 6) is 0.328. The van der Waals surface area contributed by atoms with Gasteiger partial charge in [-0.25, -0.2) is 0 Å². The summed E-state index contributed by atoms with van der Waals surface area (Å²) in [6.07, 6.45) is 0.0560. The van der Waals surface area contributed by atoms with Crippen LogP contribution < -0.4 is 15.5 Å². The predicted molar refractivity (Wildman–Crippen MR) is 97.4 cm³/mol. The fourth-order valence-electron chi connectivity index (χ4n) is 2.45. The lowest BCUT2D eigenvalue weighted by molar-refractivity contribution is 0.102. The summed E-state index contributed by atoms with van der Waals surface area (Å²) in [5, 5.41) is 11.9. The second-order valence-corrected chi connectivity index (χ2v) is 5.94. The van der Waals surface area contributed by atoms with Crippen molar-refractivity contribution in [2.45, 2.75) is 20.0 Å². The molecule has 0 saturated carbocycles. The monoisotopic (exact) mass is 348 g/mol. The van der Waals surface area contributed by atoms with Gasteiger partial charge in [-0.15, -0.1) is 0 Å². The van der Waals surface area contributed by atoms with E-state index in [9.17, 15) is 9.59 Å². The molecular formula is C20H16N2O4. The number of nitrogens with zero attached hydrogens (tertiary/aromatic N) is 1. The standard InChI is InChI=1S/C20H16N2O4/c1-12(2)25-15-6-3-13(4-7-15)20(24)22-14-5-8-19-17(9-14)18(23)10-16(11-21)26-19/h3-10,12H,1-2H3,(H,22,24). The van der Waals surface area contributed by atoms with Gasteiger partial charge >= 0.3 is 0 Å². The Kier molecular flexibility index (Phi) is 4.72. The van der Waals surface area contributed by atoms with E-state index in [4.69, 9.17) is 14.4 Å². The summed E-state index contributed by atoms with van der Waals surface area (Å²) < 4.78 is 10.8. The molecular weight excluding hydrogens is 332 g/mol. The molecule has 1 N–H and O–H groups in total. The molecule has 6 heteroatoms. The maximum atomic E-state index is 12.4. The molecule has 130 valence electrons. The summed E-state index contributed by atoms with van der Waals surface area (Å²) in [6.45, 7) is 3.85. The number of fused-ring (bicyclic) bond motifs is 1. The van der Waals surface area contributed by atoms with E-state index in [-0.39, 0.29) is 23.2 Å². The van der Waals surface area contributed by atoms with E-state index in [0.717, 1.165) is 6.07 Å². The summed E-state index contributed by atoms with van der Waals surface area (Å²) in [5.41, 5.74) is 0.881. The van der Waals surface area contributed by atoms with Crippen LogP contribution in [0.4, 0.5) is 5.69 Å². The Labute approximate surface area is 149 Å². The van der Waals surface area contributed by atoms with Crippen molar-refractivity contribution < 1.29 is 13.9 Å². The van der Waals surface area contributed by atoms with Gasteiger partial charge in [0.25, 0.3) is 5.91 Å². The minimum Gasteiger partial charge on any atom is -0.491 e. The number of carbonyl (C=O) groups is 1. The molecule has 0 bridgehead atoms. The zero-order valence-corrected chi connectivity index (χ0v) is 14.3. The normalized spacial score (nSPS) is 10.5. The number of carbonyl (C=O) groups excluding carboxylic acids is 1. The highest BCUT2D eigenvalue weighted by atomic mass is 16.5. The van der Waals surface area contributed by atoms with Crippen LogP contribution in [0.25, 0.3) is 11.0 Å². The second-order valence-electron chi connectivity index (χ2n) is 5.94. The second kappa shape index (κ2) is 7.11. The molecule has 26 heavy (non-hydrogen) atoms. The number of amides is 1. The molecule has 0 aliphatic carbocycles. The van der Waals surface area contributed by atoms with Gasteiger partial charge in [0.15, 0.2) is 5.43 Å². The Hall–Kier alpha value is -3.59. The number of nitriles is 1. The van der Waals surface area contributed by atoms with Gasteiger partial charge in [0.2, 0.25) is 5.76 Å². The van der Waals surface area contributed by atoms with E-state index in [1.54, 1.807) is 42.5 Å². The lowest BCUT2D eigenvalue weighted by atomic mass is 10.1. The summed E-state index contributed by atoms with van der Waals surface area (Å²) in [7, 11) is 0. The number of ether oxygens (including phenoxy) is 1. The Morgan fingerprint density at radius 1 is 1.15 bits per heavy atom. The van der Waals surface area contributed by atoms with Crippen LogP contribution >= 0.6 is 0 Å². The highest BCUT2D eigenvalue weighted by Gasteiger charge is 2.10. The maximum Gasteiger partial charge on any atom is 0.255 e. The fourth-order valence-corrected chi connectivity index (χ4v) is 2.45. The quantitative estimate of drug-likeness (QED) is 0.776. The molecule has 3 rings (SSSR count). The van der Waals surface area contributed by atoms with Gasteiger partial charge in [-0.1, -0.05) is 0 Å². The first-order valence-corrected chi connectivity index (χ1v) is 8.02. The van der Waals surface area contributed by atoms with Crippen LogP contribution in [0.3, 0.4) is 0 Å². The van der Waals surface area contributed by atoms with Crippen LogP contribution in [0, 0.1) is 11.3 Å². The zero-order chi connectivity index (χ0) is 18.7. The molecule has 1 aromatic heterocycles. The molecule has 0 spiro atoms. The Morgan fingerprint density at radius 2 is 1.88 bits per heavy atom. The first-order valence-electron chi connectivity index (χ1n) is 8.02. The van der Waals surface area contributed by atoms with Crippen molar-refractivity contribution in [2.75, 3.05) is 5.32 Å². The van der Waals surface area contributed by atoms with Gasteiger partial charge in [0, 0.05) is 17.3 Å². The van der Waals surface area contributed by atoms with Crippen LogP contribution in [0.1, 0.15) is 30.0 Å². The summed E-state index contributed by atoms with van der Waals surface area (Å²) in [4.78, 5) is 24.4. The number of anilines is 1. The molecule has 1 heterocycles. The molecule has 6 nitrogen and oxygen atoms in total. The van der Waals surface area contributed by atoms with E-state index in [0.29, 0.717) is 28.0 Å². The van der Waals surface area contributed by atoms with Crippen LogP contribution in [0.5, 0.6) is 5.75 Å². The molecule has 0 aliphatic heterocycles. The summed E-state index contributed by atoms with van der Waals surface area (Å²) in [6, 6.07) is 14.4. The van der Waals surface area contributed by atoms with Gasteiger partial charge in [-0.05, 0) is 56.3 Å². The third-order valence-corrected chi connectivity index (χ3v) is 3.58. The fraction of sp³-hybridized carbons (Fsp3) is 0.150. The van der Waals surface area contributed by atoms with E-state index in [1.807, 2.05) is 13.8 Å². The van der Waals surface area contributed by atoms with Gasteiger partial charge in [0.1, 0.15) is 17.4 Å². The maximum absolute atomic E-state index is 12.4. The molecule has 0 saturated heterocycles. The minimum atomic E-state index is -0.339. The lowest BCUT2D eigenvalue weighted by Crippen LogP contribution is -2.12. The SMILES string of the molecule is CC(C)Oc1ccc(C(=O)Nc2ccc3oc(C#N)cc(=O)c3c2)cc1. The number of hydrogen-bond donors (Lipinski definition) is 1. The number of benzene rings is 2. The Balaban J connectivity index is 1.82. The lowest BCUT2D eigenvalue weighted by Gasteiger charge is -2.10. The first-order chi connectivity index (χ1) is 12.5. The summed E-state index contributed by atoms with van der Waals surface area (Å²) >= 11 is 0. The molecule has 0 unspecified atom stereocenters. The topological polar surface area (TPSA) is 92.3 Å². The third-order valence-electron chi connectivity index (χ3n) is 3.58. The van der Waals surface area contributed by atoms with Crippen molar-refractivity contribution in [3.05, 3.63) is 70.1 Å². The molecule has 2 aromatic carbocycles. The highest BCUT2D eigenvalue weighted by molar-refractivity contribution is 6.05. The van der Waals surface area contributed by atoms with Crippen molar-refractivity contribution in [2.24, 2.45) is 0 Å². The van der Waals surface area contributed by atoms with Crippen LogP contribution in [-0.4, -0.2) is 12.0 Å². The number of nitrogens with one attached hydrogen (secondary N) is 1. The van der Waals surface area contributed by atoms with Crippen molar-refractivity contribution in [1.29, 1.82) is 5.26 Å². The molecule has 0 aliphatic rings. The van der Waals surface area contributed by atoms with Crippen LogP contribution in [-0.2, 0) is 0 Å². The Morgan fingerprint density at radius 3 is 2.54 bits per heavy atom.